The highest BCUT2D eigenvalue weighted by Gasteiger charge is 2.35. The molecular weight excluding hydrogens is 601 g/mol. The van der Waals surface area contributed by atoms with E-state index in [0.29, 0.717) is 0 Å². The van der Waals surface area contributed by atoms with Crippen LogP contribution in [0, 0.1) is 0 Å². The van der Waals surface area contributed by atoms with E-state index < -0.39 is 0 Å². The SMILES string of the molecule is CC1(C)c2ccccc2-c2ccc(N(c3ccc(-c4ccccc4)cc3)c3ccc4sc5ccc6c7ccccc7[nH]c6c5c4c3)cc21. The number of hydrogen-bond donors (Lipinski definition) is 1. The van der Waals surface area contributed by atoms with Gasteiger partial charge in [0.05, 0.1) is 5.52 Å². The van der Waals surface area contributed by atoms with E-state index >= 15 is 0 Å². The molecule has 0 fully saturated rings. The predicted molar refractivity (Wildman–Crippen MR) is 206 cm³/mol. The van der Waals surface area contributed by atoms with E-state index in [1.165, 1.54) is 75.4 Å². The Morgan fingerprint density at radius 1 is 0.500 bits per heavy atom. The van der Waals surface area contributed by atoms with Gasteiger partial charge in [0.15, 0.2) is 0 Å². The molecule has 9 aromatic rings. The number of nitrogens with zero attached hydrogens (tertiary/aromatic N) is 1. The maximum atomic E-state index is 3.77. The first-order valence-corrected chi connectivity index (χ1v) is 17.4. The molecule has 1 N–H and O–H groups in total. The van der Waals surface area contributed by atoms with E-state index in [1.807, 2.05) is 11.3 Å². The van der Waals surface area contributed by atoms with Gasteiger partial charge in [0, 0.05) is 58.9 Å². The van der Waals surface area contributed by atoms with Gasteiger partial charge in [-0.1, -0.05) is 111 Å². The van der Waals surface area contributed by atoms with Gasteiger partial charge in [0.25, 0.3) is 0 Å². The highest BCUT2D eigenvalue weighted by molar-refractivity contribution is 7.26. The van der Waals surface area contributed by atoms with Crippen molar-refractivity contribution < 1.29 is 0 Å². The summed E-state index contributed by atoms with van der Waals surface area (Å²) in [5.41, 5.74) is 13.6. The molecule has 2 heterocycles. The molecule has 0 radical (unpaired) electrons. The Labute approximate surface area is 283 Å². The molecule has 228 valence electrons. The number of thiophene rings is 1. The Morgan fingerprint density at radius 3 is 2.04 bits per heavy atom. The van der Waals surface area contributed by atoms with Gasteiger partial charge in [-0.3, -0.25) is 0 Å². The molecular formula is C45H32N2S. The number of aromatic nitrogens is 1. The Kier molecular flexibility index (Phi) is 5.82. The lowest BCUT2D eigenvalue weighted by molar-refractivity contribution is 0.660. The van der Waals surface area contributed by atoms with Crippen molar-refractivity contribution in [3.63, 3.8) is 0 Å². The molecule has 48 heavy (non-hydrogen) atoms. The van der Waals surface area contributed by atoms with Gasteiger partial charge in [-0.15, -0.1) is 11.3 Å². The van der Waals surface area contributed by atoms with Crippen LogP contribution in [0.2, 0.25) is 0 Å². The summed E-state index contributed by atoms with van der Waals surface area (Å²) in [6, 6.07) is 55.8. The maximum absolute atomic E-state index is 3.77. The Balaban J connectivity index is 1.19. The second-order valence-corrected chi connectivity index (χ2v) is 14.5. The first kappa shape index (κ1) is 27.5. The maximum Gasteiger partial charge on any atom is 0.0559 e. The molecule has 0 spiro atoms. The van der Waals surface area contributed by atoms with Crippen LogP contribution in [0.15, 0.2) is 152 Å². The zero-order valence-electron chi connectivity index (χ0n) is 26.8. The number of hydrogen-bond acceptors (Lipinski definition) is 2. The van der Waals surface area contributed by atoms with Crippen LogP contribution in [0.1, 0.15) is 25.0 Å². The topological polar surface area (TPSA) is 19.0 Å². The quantitative estimate of drug-likeness (QED) is 0.205. The van der Waals surface area contributed by atoms with E-state index in [1.54, 1.807) is 0 Å². The third kappa shape index (κ3) is 3.98. The van der Waals surface area contributed by atoms with E-state index in [9.17, 15) is 0 Å². The molecule has 3 heteroatoms. The summed E-state index contributed by atoms with van der Waals surface area (Å²) in [5.74, 6) is 0. The van der Waals surface area contributed by atoms with Crippen molar-refractivity contribution in [2.45, 2.75) is 19.3 Å². The van der Waals surface area contributed by atoms with Gasteiger partial charge >= 0.3 is 0 Å². The zero-order valence-corrected chi connectivity index (χ0v) is 27.6. The van der Waals surface area contributed by atoms with Crippen LogP contribution in [0.25, 0.3) is 64.2 Å². The first-order valence-electron chi connectivity index (χ1n) is 16.6. The molecule has 0 bridgehead atoms. The second-order valence-electron chi connectivity index (χ2n) is 13.5. The predicted octanol–water partition coefficient (Wildman–Crippen LogP) is 13.1. The Bertz CT molecular complexity index is 2690. The smallest absolute Gasteiger partial charge is 0.0559 e. The van der Waals surface area contributed by atoms with E-state index in [4.69, 9.17) is 0 Å². The van der Waals surface area contributed by atoms with Gasteiger partial charge in [0.2, 0.25) is 0 Å². The number of rotatable bonds is 4. The van der Waals surface area contributed by atoms with Crippen LogP contribution in [0.3, 0.4) is 0 Å². The minimum Gasteiger partial charge on any atom is -0.354 e. The molecule has 2 aromatic heterocycles. The van der Waals surface area contributed by atoms with Gasteiger partial charge in [-0.05, 0) is 88.0 Å². The average molecular weight is 633 g/mol. The summed E-state index contributed by atoms with van der Waals surface area (Å²) < 4.78 is 2.60. The van der Waals surface area contributed by atoms with Crippen molar-refractivity contribution in [2.75, 3.05) is 4.90 Å². The minimum absolute atomic E-state index is 0.0838. The monoisotopic (exact) mass is 632 g/mol. The van der Waals surface area contributed by atoms with Crippen LogP contribution in [0.4, 0.5) is 17.1 Å². The van der Waals surface area contributed by atoms with Crippen molar-refractivity contribution in [3.05, 3.63) is 163 Å². The molecule has 0 saturated carbocycles. The summed E-state index contributed by atoms with van der Waals surface area (Å²) in [6.07, 6.45) is 0. The first-order chi connectivity index (χ1) is 23.5. The lowest BCUT2D eigenvalue weighted by Gasteiger charge is -2.28. The summed E-state index contributed by atoms with van der Waals surface area (Å²) in [7, 11) is 0. The molecule has 1 aliphatic carbocycles. The Morgan fingerprint density at radius 2 is 1.17 bits per heavy atom. The molecule has 10 rings (SSSR count). The number of anilines is 3. The Hall–Kier alpha value is -5.64. The summed E-state index contributed by atoms with van der Waals surface area (Å²) in [5, 5.41) is 5.13. The highest BCUT2D eigenvalue weighted by Crippen LogP contribution is 2.51. The summed E-state index contributed by atoms with van der Waals surface area (Å²) in [6.45, 7) is 4.71. The summed E-state index contributed by atoms with van der Waals surface area (Å²) in [4.78, 5) is 6.21. The number of fused-ring (bicyclic) bond motifs is 10. The molecule has 1 aliphatic rings. The molecule has 7 aromatic carbocycles. The van der Waals surface area contributed by atoms with E-state index in [-0.39, 0.29) is 5.41 Å². The molecule has 0 amide bonds. The fourth-order valence-electron chi connectivity index (χ4n) is 8.02. The van der Waals surface area contributed by atoms with Crippen molar-refractivity contribution in [2.24, 2.45) is 0 Å². The number of para-hydroxylation sites is 1. The fourth-order valence-corrected chi connectivity index (χ4v) is 9.12. The molecule has 0 atom stereocenters. The number of H-pyrrole nitrogens is 1. The van der Waals surface area contributed by atoms with Crippen LogP contribution in [0.5, 0.6) is 0 Å². The van der Waals surface area contributed by atoms with Crippen LogP contribution >= 0.6 is 11.3 Å². The van der Waals surface area contributed by atoms with Crippen molar-refractivity contribution in [3.8, 4) is 22.3 Å². The molecule has 0 aliphatic heterocycles. The highest BCUT2D eigenvalue weighted by atomic mass is 32.1. The summed E-state index contributed by atoms with van der Waals surface area (Å²) >= 11 is 1.87. The zero-order chi connectivity index (χ0) is 32.0. The van der Waals surface area contributed by atoms with Gasteiger partial charge in [-0.25, -0.2) is 0 Å². The van der Waals surface area contributed by atoms with Crippen LogP contribution in [-0.2, 0) is 5.41 Å². The van der Waals surface area contributed by atoms with Gasteiger partial charge < -0.3 is 9.88 Å². The van der Waals surface area contributed by atoms with Crippen molar-refractivity contribution >= 4 is 70.4 Å². The van der Waals surface area contributed by atoms with E-state index in [0.717, 1.165) is 17.1 Å². The van der Waals surface area contributed by atoms with Crippen LogP contribution in [-0.4, -0.2) is 4.98 Å². The number of nitrogens with one attached hydrogen (secondary N) is 1. The fraction of sp³-hybridized carbons (Fsp3) is 0.0667. The van der Waals surface area contributed by atoms with Crippen LogP contribution < -0.4 is 4.90 Å². The standard InChI is InChI=1S/C45H32N2S/c1-45(2)38-14-8-6-12-33(38)34-22-20-32(27-39(34)45)47(30-18-16-29(17-19-30)28-10-4-3-5-11-28)31-21-24-41-37(26-31)43-42(48-41)25-23-36-35-13-7-9-15-40(35)46-44(36)43/h3-27,46H,1-2H3. The van der Waals surface area contributed by atoms with Crippen molar-refractivity contribution in [1.82, 2.24) is 4.98 Å². The molecule has 0 unspecified atom stereocenters. The molecule has 2 nitrogen and oxygen atoms in total. The number of benzene rings is 7. The number of aromatic amines is 1. The normalized spacial score (nSPS) is 13.4. The van der Waals surface area contributed by atoms with E-state index in [2.05, 4.69) is 175 Å². The minimum atomic E-state index is -0.0838. The van der Waals surface area contributed by atoms with Crippen molar-refractivity contribution in [1.29, 1.82) is 0 Å². The third-order valence-corrected chi connectivity index (χ3v) is 11.5. The largest absolute Gasteiger partial charge is 0.354 e. The lowest BCUT2D eigenvalue weighted by Crippen LogP contribution is -2.16. The second kappa shape index (κ2) is 10.2. The molecule has 0 saturated heterocycles. The average Bonchev–Trinajstić information content (AvgIpc) is 3.77. The third-order valence-electron chi connectivity index (χ3n) is 10.4. The lowest BCUT2D eigenvalue weighted by atomic mass is 9.82. The van der Waals surface area contributed by atoms with Gasteiger partial charge in [-0.2, -0.15) is 0 Å². The van der Waals surface area contributed by atoms with Gasteiger partial charge in [0.1, 0.15) is 0 Å².